The molecule has 0 atom stereocenters. The molecule has 0 aromatic carbocycles. The minimum absolute atomic E-state index is 0.136. The normalized spacial score (nSPS) is 10.7. The monoisotopic (exact) mass is 332 g/mol. The minimum Gasteiger partial charge on any atom is -0.294 e. The highest BCUT2D eigenvalue weighted by Crippen LogP contribution is 2.41. The van der Waals surface area contributed by atoms with Crippen LogP contribution in [0.3, 0.4) is 0 Å². The van der Waals surface area contributed by atoms with E-state index < -0.39 is 0 Å². The van der Waals surface area contributed by atoms with Gasteiger partial charge in [-0.1, -0.05) is 0 Å². The highest BCUT2D eigenvalue weighted by Gasteiger charge is 2.11. The molecule has 0 amide bonds. The lowest BCUT2D eigenvalue weighted by molar-refractivity contribution is 0.102. The molecule has 2 aromatic rings. The molecule has 2 rings (SSSR count). The van der Waals surface area contributed by atoms with E-state index in [0.29, 0.717) is 0 Å². The van der Waals surface area contributed by atoms with Gasteiger partial charge < -0.3 is 0 Å². The summed E-state index contributed by atoms with van der Waals surface area (Å²) in [5.74, 6) is 0.136. The van der Waals surface area contributed by atoms with Crippen molar-refractivity contribution in [1.82, 2.24) is 0 Å². The number of ketones is 1. The van der Waals surface area contributed by atoms with Crippen molar-refractivity contribution in [3.8, 4) is 9.75 Å². The summed E-state index contributed by atoms with van der Waals surface area (Å²) in [4.78, 5) is 15.7. The number of hydrogen-bond acceptors (Lipinski definition) is 4. The second-order valence-electron chi connectivity index (χ2n) is 3.17. The van der Waals surface area contributed by atoms with E-state index in [1.807, 2.05) is 12.1 Å². The van der Waals surface area contributed by atoms with Crippen LogP contribution in [0.4, 0.5) is 0 Å². The van der Waals surface area contributed by atoms with Crippen LogP contribution >= 0.6 is 50.4 Å². The van der Waals surface area contributed by atoms with Gasteiger partial charge in [0, 0.05) is 14.6 Å². The Morgan fingerprint density at radius 2 is 2.06 bits per heavy atom. The third-order valence-corrected chi connectivity index (χ3v) is 6.44. The van der Waals surface area contributed by atoms with E-state index in [1.165, 1.54) is 9.77 Å². The maximum absolute atomic E-state index is 11.2. The Bertz CT molecular complexity index is 527. The lowest BCUT2D eigenvalue weighted by Crippen LogP contribution is -1.83. The number of rotatable bonds is 3. The summed E-state index contributed by atoms with van der Waals surface area (Å²) in [5, 5.41) is 0. The van der Waals surface area contributed by atoms with Crippen molar-refractivity contribution in [2.45, 2.75) is 11.8 Å². The van der Waals surface area contributed by atoms with Crippen LogP contribution < -0.4 is 0 Å². The molecule has 0 aliphatic carbocycles. The first kappa shape index (κ1) is 12.4. The van der Waals surface area contributed by atoms with Crippen LogP contribution in [0.25, 0.3) is 9.75 Å². The molecule has 16 heavy (non-hydrogen) atoms. The third-order valence-electron chi connectivity index (χ3n) is 2.07. The quantitative estimate of drug-likeness (QED) is 0.570. The van der Waals surface area contributed by atoms with Gasteiger partial charge in [-0.3, -0.25) is 4.79 Å². The van der Waals surface area contributed by atoms with Crippen LogP contribution in [0.5, 0.6) is 0 Å². The summed E-state index contributed by atoms with van der Waals surface area (Å²) < 4.78 is 1.16. The first-order valence-electron chi connectivity index (χ1n) is 4.56. The van der Waals surface area contributed by atoms with Gasteiger partial charge in [-0.05, 0) is 47.3 Å². The van der Waals surface area contributed by atoms with E-state index >= 15 is 0 Å². The second-order valence-corrected chi connectivity index (χ2v) is 7.47. The van der Waals surface area contributed by atoms with E-state index in [9.17, 15) is 4.79 Å². The molecule has 0 bridgehead atoms. The van der Waals surface area contributed by atoms with E-state index in [-0.39, 0.29) is 5.78 Å². The number of thioether (sulfide) groups is 1. The van der Waals surface area contributed by atoms with E-state index in [4.69, 9.17) is 0 Å². The van der Waals surface area contributed by atoms with Crippen molar-refractivity contribution in [3.63, 3.8) is 0 Å². The molecule has 0 aliphatic rings. The molecular weight excluding hydrogens is 324 g/mol. The Hall–Kier alpha value is -0.100. The van der Waals surface area contributed by atoms with Gasteiger partial charge in [-0.15, -0.1) is 34.4 Å². The maximum atomic E-state index is 11.2. The lowest BCUT2D eigenvalue weighted by atomic mass is 10.3. The van der Waals surface area contributed by atoms with Gasteiger partial charge in [-0.25, -0.2) is 0 Å². The number of thiophene rings is 2. The van der Waals surface area contributed by atoms with E-state index in [0.717, 1.165) is 13.5 Å². The predicted molar refractivity (Wildman–Crippen MR) is 77.1 cm³/mol. The maximum Gasteiger partial charge on any atom is 0.169 e. The van der Waals surface area contributed by atoms with Crippen LogP contribution in [-0.4, -0.2) is 12.0 Å². The molecule has 84 valence electrons. The SMILES string of the molecule is CSc1cc(-c2ccc(C(C)=O)s2)sc1Br. The fraction of sp³-hybridized carbons (Fsp3) is 0.182. The molecule has 0 N–H and O–H groups in total. The molecule has 0 fully saturated rings. The Labute approximate surface area is 115 Å². The van der Waals surface area contributed by atoms with Crippen molar-refractivity contribution in [2.24, 2.45) is 0 Å². The van der Waals surface area contributed by atoms with Gasteiger partial charge in [0.05, 0.1) is 8.66 Å². The molecular formula is C11H9BrOS3. The van der Waals surface area contributed by atoms with Crippen LogP contribution in [0.15, 0.2) is 26.9 Å². The standard InChI is InChI=1S/C11H9BrOS3/c1-6(13)7-3-4-8(15-7)9-5-10(14-2)11(12)16-9/h3-5H,1-2H3. The Kier molecular flexibility index (Phi) is 3.89. The number of carbonyl (C=O) groups is 1. The first-order chi connectivity index (χ1) is 7.61. The third kappa shape index (κ3) is 2.42. The average molecular weight is 333 g/mol. The molecule has 0 unspecified atom stereocenters. The van der Waals surface area contributed by atoms with Crippen molar-refractivity contribution < 1.29 is 4.79 Å². The molecule has 2 aromatic heterocycles. The highest BCUT2D eigenvalue weighted by molar-refractivity contribution is 9.11. The fourth-order valence-electron chi connectivity index (χ4n) is 1.27. The van der Waals surface area contributed by atoms with Crippen molar-refractivity contribution in [3.05, 3.63) is 26.9 Å². The summed E-state index contributed by atoms with van der Waals surface area (Å²) in [6.45, 7) is 1.60. The molecule has 0 saturated heterocycles. The van der Waals surface area contributed by atoms with Gasteiger partial charge in [0.1, 0.15) is 0 Å². The molecule has 1 nitrogen and oxygen atoms in total. The molecule has 0 spiro atoms. The number of Topliss-reactive ketones (excluding diaryl/α,β-unsaturated/α-hetero) is 1. The summed E-state index contributed by atoms with van der Waals surface area (Å²) >= 11 is 8.54. The Morgan fingerprint density at radius 3 is 2.56 bits per heavy atom. The van der Waals surface area contributed by atoms with Gasteiger partial charge in [0.15, 0.2) is 5.78 Å². The van der Waals surface area contributed by atoms with Crippen LogP contribution in [0, 0.1) is 0 Å². The Balaban J connectivity index is 2.38. The topological polar surface area (TPSA) is 17.1 Å². The van der Waals surface area contributed by atoms with Gasteiger partial charge >= 0.3 is 0 Å². The zero-order chi connectivity index (χ0) is 11.7. The van der Waals surface area contributed by atoms with Crippen LogP contribution in [0.1, 0.15) is 16.6 Å². The summed E-state index contributed by atoms with van der Waals surface area (Å²) in [6.07, 6.45) is 2.06. The van der Waals surface area contributed by atoms with Crippen molar-refractivity contribution >= 4 is 56.1 Å². The zero-order valence-corrected chi connectivity index (χ0v) is 12.8. The molecule has 2 heterocycles. The fourth-order valence-corrected chi connectivity index (χ4v) is 5.00. The Morgan fingerprint density at radius 1 is 1.31 bits per heavy atom. The van der Waals surface area contributed by atoms with Crippen LogP contribution in [0.2, 0.25) is 0 Å². The lowest BCUT2D eigenvalue weighted by Gasteiger charge is -1.88. The molecule has 0 saturated carbocycles. The number of halogens is 1. The van der Waals surface area contributed by atoms with Crippen molar-refractivity contribution in [1.29, 1.82) is 0 Å². The van der Waals surface area contributed by atoms with Gasteiger partial charge in [0.25, 0.3) is 0 Å². The largest absolute Gasteiger partial charge is 0.294 e. The van der Waals surface area contributed by atoms with E-state index in [2.05, 4.69) is 28.3 Å². The predicted octanol–water partition coefficient (Wildman–Crippen LogP) is 5.16. The summed E-state index contributed by atoms with van der Waals surface area (Å²) in [5.41, 5.74) is 0. The van der Waals surface area contributed by atoms with Gasteiger partial charge in [0.2, 0.25) is 0 Å². The molecule has 0 radical (unpaired) electrons. The van der Waals surface area contributed by atoms with Gasteiger partial charge in [-0.2, -0.15) is 0 Å². The number of carbonyl (C=O) groups excluding carboxylic acids is 1. The zero-order valence-electron chi connectivity index (χ0n) is 8.74. The summed E-state index contributed by atoms with van der Waals surface area (Å²) in [7, 11) is 0. The smallest absolute Gasteiger partial charge is 0.169 e. The molecule has 5 heteroatoms. The first-order valence-corrected chi connectivity index (χ1v) is 8.21. The number of hydrogen-bond donors (Lipinski definition) is 0. The van der Waals surface area contributed by atoms with Crippen molar-refractivity contribution in [2.75, 3.05) is 6.26 Å². The second kappa shape index (κ2) is 5.04. The average Bonchev–Trinajstić information content (AvgIpc) is 2.83. The minimum atomic E-state index is 0.136. The van der Waals surface area contributed by atoms with Crippen LogP contribution in [-0.2, 0) is 0 Å². The highest BCUT2D eigenvalue weighted by atomic mass is 79.9. The summed E-state index contributed by atoms with van der Waals surface area (Å²) in [6, 6.07) is 6.08. The van der Waals surface area contributed by atoms with E-state index in [1.54, 1.807) is 41.4 Å². The molecule has 0 aliphatic heterocycles.